The minimum absolute atomic E-state index is 0.178. The Hall–Kier alpha value is -0.775. The number of benzene rings is 1. The van der Waals surface area contributed by atoms with Gasteiger partial charge in [0.1, 0.15) is 0 Å². The first kappa shape index (κ1) is 10.3. The first-order valence-corrected chi connectivity index (χ1v) is 8.79. The summed E-state index contributed by atoms with van der Waals surface area (Å²) in [5, 5.41) is 9.36. The number of rotatable bonds is 2. The Balaban J connectivity index is 2.75. The molecular formula is C8H9HgNO3. The van der Waals surface area contributed by atoms with Gasteiger partial charge in [-0.1, -0.05) is 0 Å². The molecule has 0 spiro atoms. The van der Waals surface area contributed by atoms with Gasteiger partial charge in [-0.15, -0.1) is 0 Å². The summed E-state index contributed by atoms with van der Waals surface area (Å²) in [7, 11) is 0. The van der Waals surface area contributed by atoms with Crippen LogP contribution in [-0.2, 0) is 32.5 Å². The molecule has 0 aliphatic rings. The van der Waals surface area contributed by atoms with Crippen LogP contribution in [0, 0.1) is 0 Å². The van der Waals surface area contributed by atoms with Crippen LogP contribution in [0.15, 0.2) is 18.2 Å². The third-order valence-corrected chi connectivity index (χ3v) is 7.09. The zero-order valence-corrected chi connectivity index (χ0v) is 12.8. The first-order valence-electron chi connectivity index (χ1n) is 3.80. The third-order valence-electron chi connectivity index (χ3n) is 1.53. The van der Waals surface area contributed by atoms with E-state index in [0.717, 1.165) is 3.07 Å². The number of nitrogens with two attached hydrogens (primary N) is 1. The van der Waals surface area contributed by atoms with E-state index in [2.05, 4.69) is 0 Å². The SMILES string of the molecule is CC(=O)[O][Hg][c]1cc(N)ccc1O. The van der Waals surface area contributed by atoms with Gasteiger partial charge >= 0.3 is 88.9 Å². The molecule has 4 nitrogen and oxygen atoms in total. The molecule has 0 unspecified atom stereocenters. The number of carbonyl (C=O) groups excluding carboxylic acids is 1. The number of carbonyl (C=O) groups is 1. The summed E-state index contributed by atoms with van der Waals surface area (Å²) in [5.74, 6) is -0.111. The molecule has 66 valence electrons. The number of hydrogen-bond donors (Lipinski definition) is 2. The van der Waals surface area contributed by atoms with E-state index in [1.165, 1.54) is 13.0 Å². The predicted octanol–water partition coefficient (Wildman–Crippen LogP) is 0.160. The van der Waals surface area contributed by atoms with Crippen LogP contribution in [0.1, 0.15) is 6.92 Å². The molecule has 0 aliphatic carbocycles. The van der Waals surface area contributed by atoms with Gasteiger partial charge in [0.25, 0.3) is 0 Å². The monoisotopic (exact) mass is 369 g/mol. The fourth-order valence-electron chi connectivity index (χ4n) is 0.900. The molecule has 1 aromatic carbocycles. The van der Waals surface area contributed by atoms with Crippen molar-refractivity contribution in [2.45, 2.75) is 6.92 Å². The Morgan fingerprint density at radius 2 is 2.31 bits per heavy atom. The number of nitrogen functional groups attached to an aromatic ring is 1. The maximum atomic E-state index is 10.5. The molecule has 1 aromatic rings. The van der Waals surface area contributed by atoms with E-state index in [4.69, 9.17) is 8.38 Å². The van der Waals surface area contributed by atoms with Crippen LogP contribution in [0.3, 0.4) is 0 Å². The van der Waals surface area contributed by atoms with E-state index in [1.54, 1.807) is 12.1 Å². The Morgan fingerprint density at radius 1 is 1.62 bits per heavy atom. The third kappa shape index (κ3) is 3.22. The Kier molecular flexibility index (Phi) is 3.53. The fourth-order valence-corrected chi connectivity index (χ4v) is 4.57. The standard InChI is InChI=1S/C6H6NO.C2H4O2.Hg/c7-5-1-3-6(8)4-2-5;1-2(3)4;/h1-3,8H,7H2;1H3,(H,3,4);/q;;+1/p-1. The van der Waals surface area contributed by atoms with Crippen molar-refractivity contribution in [1.82, 2.24) is 0 Å². The second-order valence-corrected chi connectivity index (χ2v) is 7.87. The molecule has 0 aliphatic heterocycles. The van der Waals surface area contributed by atoms with Crippen molar-refractivity contribution >= 4 is 14.7 Å². The summed E-state index contributed by atoms with van der Waals surface area (Å²) < 4.78 is 5.66. The Labute approximate surface area is 88.8 Å². The maximum absolute atomic E-state index is 10.5. The Morgan fingerprint density at radius 3 is 2.92 bits per heavy atom. The van der Waals surface area contributed by atoms with E-state index in [-0.39, 0.29) is 11.7 Å². The minimum atomic E-state index is -1.93. The zero-order chi connectivity index (χ0) is 9.84. The van der Waals surface area contributed by atoms with Crippen LogP contribution in [-0.4, -0.2) is 11.1 Å². The molecule has 0 fully saturated rings. The molecule has 5 heteroatoms. The summed E-state index contributed by atoms with van der Waals surface area (Å²) in [6.07, 6.45) is 0. The summed E-state index contributed by atoms with van der Waals surface area (Å²) in [6.45, 7) is 1.36. The number of phenols is 1. The van der Waals surface area contributed by atoms with Crippen molar-refractivity contribution in [1.29, 1.82) is 0 Å². The summed E-state index contributed by atoms with van der Waals surface area (Å²) in [4.78, 5) is 10.5. The molecule has 0 aromatic heterocycles. The van der Waals surface area contributed by atoms with Crippen LogP contribution < -0.4 is 8.81 Å². The quantitative estimate of drug-likeness (QED) is 0.444. The van der Waals surface area contributed by atoms with Crippen molar-refractivity contribution in [2.24, 2.45) is 0 Å². The van der Waals surface area contributed by atoms with Gasteiger partial charge in [0.05, 0.1) is 0 Å². The van der Waals surface area contributed by atoms with Gasteiger partial charge < -0.3 is 0 Å². The van der Waals surface area contributed by atoms with E-state index < -0.39 is 25.0 Å². The molecule has 13 heavy (non-hydrogen) atoms. The molecule has 0 saturated carbocycles. The topological polar surface area (TPSA) is 72.5 Å². The number of aromatic hydroxyl groups is 1. The number of phenolic OH excluding ortho intramolecular Hbond substituents is 1. The molecule has 0 atom stereocenters. The van der Waals surface area contributed by atoms with Crippen molar-refractivity contribution in [3.8, 4) is 5.75 Å². The van der Waals surface area contributed by atoms with Gasteiger partial charge in [0, 0.05) is 0 Å². The number of hydrogen-bond acceptors (Lipinski definition) is 4. The second kappa shape index (κ2) is 4.46. The first-order chi connectivity index (χ1) is 6.09. The van der Waals surface area contributed by atoms with Gasteiger partial charge in [-0.05, 0) is 0 Å². The summed E-state index contributed by atoms with van der Waals surface area (Å²) in [6, 6.07) is 4.80. The molecule has 3 N–H and O–H groups in total. The molecule has 0 radical (unpaired) electrons. The number of anilines is 1. The van der Waals surface area contributed by atoms with E-state index in [9.17, 15) is 9.90 Å². The molecule has 0 saturated heterocycles. The predicted molar refractivity (Wildman–Crippen MR) is 43.9 cm³/mol. The van der Waals surface area contributed by atoms with Crippen LogP contribution in [0.5, 0.6) is 5.75 Å². The van der Waals surface area contributed by atoms with Crippen LogP contribution >= 0.6 is 0 Å². The Bertz CT molecular complexity index is 327. The van der Waals surface area contributed by atoms with E-state index in [1.807, 2.05) is 0 Å². The van der Waals surface area contributed by atoms with E-state index in [0.29, 0.717) is 5.69 Å². The van der Waals surface area contributed by atoms with Gasteiger partial charge in [0.15, 0.2) is 0 Å². The van der Waals surface area contributed by atoms with Gasteiger partial charge in [-0.2, -0.15) is 0 Å². The zero-order valence-electron chi connectivity index (χ0n) is 7.28. The molecule has 1 rings (SSSR count). The van der Waals surface area contributed by atoms with Crippen molar-refractivity contribution in [3.63, 3.8) is 0 Å². The van der Waals surface area contributed by atoms with Crippen molar-refractivity contribution in [2.75, 3.05) is 5.73 Å². The normalized spacial score (nSPS) is 9.00. The fraction of sp³-hybridized carbons (Fsp3) is 0.125. The van der Waals surface area contributed by atoms with Crippen molar-refractivity contribution < 1.29 is 37.6 Å². The molecule has 0 amide bonds. The van der Waals surface area contributed by atoms with Gasteiger partial charge in [-0.3, -0.25) is 0 Å². The summed E-state index contributed by atoms with van der Waals surface area (Å²) in [5.41, 5.74) is 6.10. The van der Waals surface area contributed by atoms with Gasteiger partial charge in [0.2, 0.25) is 0 Å². The van der Waals surface area contributed by atoms with Crippen LogP contribution in [0.4, 0.5) is 5.69 Å². The molecule has 0 heterocycles. The van der Waals surface area contributed by atoms with Crippen molar-refractivity contribution in [3.05, 3.63) is 18.2 Å². The van der Waals surface area contributed by atoms with Crippen LogP contribution in [0.25, 0.3) is 0 Å². The second-order valence-electron chi connectivity index (χ2n) is 2.67. The molecule has 0 bridgehead atoms. The average molecular weight is 368 g/mol. The average Bonchev–Trinajstić information content (AvgIpc) is 2.06. The van der Waals surface area contributed by atoms with Crippen LogP contribution in [0.2, 0.25) is 0 Å². The molecular weight excluding hydrogens is 359 g/mol. The van der Waals surface area contributed by atoms with Gasteiger partial charge in [-0.25, -0.2) is 0 Å². The summed E-state index contributed by atoms with van der Waals surface area (Å²) >= 11 is -1.93. The van der Waals surface area contributed by atoms with E-state index >= 15 is 0 Å².